The molecule has 9 heteroatoms. The molecule has 3 nitrogen and oxygen atoms in total. The molecular weight excluding hydrogens is 323 g/mol. The van der Waals surface area contributed by atoms with Crippen LogP contribution in [0.15, 0.2) is 29.1 Å². The van der Waals surface area contributed by atoms with Crippen molar-refractivity contribution in [2.75, 3.05) is 5.75 Å². The van der Waals surface area contributed by atoms with Crippen molar-refractivity contribution in [2.45, 2.75) is 17.1 Å². The van der Waals surface area contributed by atoms with E-state index >= 15 is 0 Å². The second-order valence-electron chi connectivity index (χ2n) is 5.35. The second kappa shape index (κ2) is 5.47. The fourth-order valence-corrected chi connectivity index (χ4v) is 3.41. The number of aromatic nitrogens is 2. The van der Waals surface area contributed by atoms with Crippen LogP contribution in [0.1, 0.15) is 16.8 Å². The third-order valence-electron chi connectivity index (χ3n) is 3.53. The highest BCUT2D eigenvalue weighted by Crippen LogP contribution is 2.33. The molecule has 1 aliphatic rings. The van der Waals surface area contributed by atoms with Gasteiger partial charge in [-0.2, -0.15) is 24.9 Å². The van der Waals surface area contributed by atoms with E-state index in [1.807, 2.05) is 0 Å². The second-order valence-corrected chi connectivity index (χ2v) is 6.34. The fourth-order valence-electron chi connectivity index (χ4n) is 2.36. The van der Waals surface area contributed by atoms with Crippen molar-refractivity contribution in [2.24, 2.45) is 0 Å². The van der Waals surface area contributed by atoms with E-state index in [0.717, 1.165) is 12.1 Å². The summed E-state index contributed by atoms with van der Waals surface area (Å²) in [7, 11) is 12.0. The molecule has 3 rings (SSSR count). The predicted molar refractivity (Wildman–Crippen MR) is 84.6 cm³/mol. The number of aromatic amines is 1. The average Bonchev–Trinajstić information content (AvgIpc) is 2.47. The molecule has 23 heavy (non-hydrogen) atoms. The van der Waals surface area contributed by atoms with Crippen LogP contribution >= 0.6 is 11.8 Å². The number of nitrogens with one attached hydrogen (secondary N) is 1. The Hall–Kier alpha value is -1.63. The van der Waals surface area contributed by atoms with Crippen LogP contribution in [0.4, 0.5) is 13.2 Å². The zero-order valence-electron chi connectivity index (χ0n) is 11.8. The van der Waals surface area contributed by atoms with E-state index in [4.69, 9.17) is 15.7 Å². The van der Waals surface area contributed by atoms with Crippen LogP contribution in [0.3, 0.4) is 0 Å². The van der Waals surface area contributed by atoms with Crippen molar-refractivity contribution in [3.8, 4) is 11.4 Å². The summed E-state index contributed by atoms with van der Waals surface area (Å²) in [5.74, 6) is 0.999. The Morgan fingerprint density at radius 1 is 1.22 bits per heavy atom. The molecule has 1 aromatic carbocycles. The number of halogens is 3. The van der Waals surface area contributed by atoms with Crippen molar-refractivity contribution in [3.05, 3.63) is 51.4 Å². The van der Waals surface area contributed by atoms with Crippen molar-refractivity contribution in [1.82, 2.24) is 9.97 Å². The Morgan fingerprint density at radius 2 is 1.87 bits per heavy atom. The molecule has 0 spiro atoms. The maximum Gasteiger partial charge on any atom is 0.416 e. The molecule has 0 saturated carbocycles. The van der Waals surface area contributed by atoms with Crippen LogP contribution < -0.4 is 5.56 Å². The van der Waals surface area contributed by atoms with Crippen molar-refractivity contribution >= 4 is 27.5 Å². The number of H-pyrrole nitrogens is 1. The molecule has 2 heterocycles. The van der Waals surface area contributed by atoms with Gasteiger partial charge in [-0.15, -0.1) is 0 Å². The van der Waals surface area contributed by atoms with Crippen LogP contribution in [0.25, 0.3) is 11.4 Å². The molecule has 0 amide bonds. The maximum atomic E-state index is 12.6. The third kappa shape index (κ3) is 3.06. The molecule has 0 atom stereocenters. The Labute approximate surface area is 136 Å². The average molecular weight is 332 g/mol. The zero-order chi connectivity index (χ0) is 16.8. The lowest BCUT2D eigenvalue weighted by Gasteiger charge is -2.31. The highest BCUT2D eigenvalue weighted by Gasteiger charge is 2.32. The summed E-state index contributed by atoms with van der Waals surface area (Å²) < 4.78 is 37.8. The van der Waals surface area contributed by atoms with Gasteiger partial charge < -0.3 is 4.98 Å². The molecule has 0 bridgehead atoms. The van der Waals surface area contributed by atoms with Crippen LogP contribution in [-0.2, 0) is 17.1 Å². The lowest BCUT2D eigenvalue weighted by atomic mass is 9.53. The van der Waals surface area contributed by atoms with Crippen molar-refractivity contribution in [3.63, 3.8) is 0 Å². The minimum Gasteiger partial charge on any atom is -0.306 e. The smallest absolute Gasteiger partial charge is 0.306 e. The number of benzene rings is 1. The first-order valence-electron chi connectivity index (χ1n) is 6.65. The molecule has 0 fully saturated rings. The summed E-state index contributed by atoms with van der Waals surface area (Å²) in [6.07, 6.45) is -4.42. The van der Waals surface area contributed by atoms with Gasteiger partial charge in [0.05, 0.1) is 21.3 Å². The summed E-state index contributed by atoms with van der Waals surface area (Å²) in [4.78, 5) is 19.0. The number of alkyl halides is 3. The number of thioether (sulfide) groups is 1. The summed E-state index contributed by atoms with van der Waals surface area (Å²) in [5, 5.41) is -1.24. The number of nitrogens with zero attached hydrogens (tertiary/aromatic N) is 1. The van der Waals surface area contributed by atoms with E-state index in [9.17, 15) is 18.0 Å². The highest BCUT2D eigenvalue weighted by molar-refractivity contribution is 7.98. The third-order valence-corrected chi connectivity index (χ3v) is 4.70. The van der Waals surface area contributed by atoms with E-state index in [1.165, 1.54) is 23.9 Å². The summed E-state index contributed by atoms with van der Waals surface area (Å²) >= 11 is 1.43. The van der Waals surface area contributed by atoms with Gasteiger partial charge in [-0.05, 0) is 23.1 Å². The molecule has 114 valence electrons. The normalized spacial score (nSPS) is 16.8. The van der Waals surface area contributed by atoms with E-state index in [-0.39, 0.29) is 17.1 Å². The predicted octanol–water partition coefficient (Wildman–Crippen LogP) is 2.19. The van der Waals surface area contributed by atoms with Crippen LogP contribution in [0.5, 0.6) is 0 Å². The standard InChI is InChI=1S/C14H9B2F3N2OS/c15-13(16)6-23-5-9-10(13)20-11(21-12(9)22)7-1-3-8(4-2-7)14(17,18)19/h1-4H,5-6H2,(H,20,21,22). The SMILES string of the molecule is [B]C1([B])CSCc2c1nc(-c1ccc(C(F)(F)F)cc1)[nH]c2=O. The Bertz CT molecular complexity index is 803. The van der Waals surface area contributed by atoms with Gasteiger partial charge >= 0.3 is 6.18 Å². The first kappa shape index (κ1) is 16.2. The van der Waals surface area contributed by atoms with E-state index in [0.29, 0.717) is 22.6 Å². The largest absolute Gasteiger partial charge is 0.416 e. The first-order chi connectivity index (χ1) is 10.7. The van der Waals surface area contributed by atoms with Crippen LogP contribution in [0.2, 0.25) is 0 Å². The van der Waals surface area contributed by atoms with Gasteiger partial charge in [-0.3, -0.25) is 4.79 Å². The van der Waals surface area contributed by atoms with Gasteiger partial charge in [-0.1, -0.05) is 12.1 Å². The van der Waals surface area contributed by atoms with Gasteiger partial charge in [0.25, 0.3) is 5.56 Å². The lowest BCUT2D eigenvalue weighted by Crippen LogP contribution is -2.38. The van der Waals surface area contributed by atoms with Gasteiger partial charge in [0.2, 0.25) is 0 Å². The molecule has 1 N–H and O–H groups in total. The molecule has 4 radical (unpaired) electrons. The topological polar surface area (TPSA) is 45.8 Å². The monoisotopic (exact) mass is 332 g/mol. The number of rotatable bonds is 1. The first-order valence-corrected chi connectivity index (χ1v) is 7.81. The highest BCUT2D eigenvalue weighted by atomic mass is 32.2. The van der Waals surface area contributed by atoms with Crippen molar-refractivity contribution < 1.29 is 13.2 Å². The van der Waals surface area contributed by atoms with E-state index in [2.05, 4.69) is 9.97 Å². The molecule has 1 aromatic heterocycles. The quantitative estimate of drug-likeness (QED) is 0.815. The van der Waals surface area contributed by atoms with Gasteiger partial charge in [0, 0.05) is 22.6 Å². The molecule has 0 aliphatic carbocycles. The Morgan fingerprint density at radius 3 is 2.48 bits per heavy atom. The van der Waals surface area contributed by atoms with Crippen LogP contribution in [-0.4, -0.2) is 31.4 Å². The molecule has 0 saturated heterocycles. The number of hydrogen-bond donors (Lipinski definition) is 1. The summed E-state index contributed by atoms with van der Waals surface area (Å²) in [6.45, 7) is 0. The Kier molecular flexibility index (Phi) is 3.86. The van der Waals surface area contributed by atoms with Gasteiger partial charge in [-0.25, -0.2) is 4.98 Å². The molecule has 1 aliphatic heterocycles. The number of hydrogen-bond acceptors (Lipinski definition) is 3. The van der Waals surface area contributed by atoms with E-state index < -0.39 is 17.0 Å². The minimum absolute atomic E-state index is 0.148. The van der Waals surface area contributed by atoms with Gasteiger partial charge in [0.1, 0.15) is 5.82 Å². The zero-order valence-corrected chi connectivity index (χ0v) is 12.6. The lowest BCUT2D eigenvalue weighted by molar-refractivity contribution is -0.137. The van der Waals surface area contributed by atoms with E-state index in [1.54, 1.807) is 0 Å². The number of fused-ring (bicyclic) bond motifs is 1. The Balaban J connectivity index is 2.08. The fraction of sp³-hybridized carbons (Fsp3) is 0.286. The molecule has 2 aromatic rings. The summed E-state index contributed by atoms with van der Waals surface area (Å²) in [5.41, 5.74) is -0.105. The molecular formula is C14H9B2F3N2OS. The minimum atomic E-state index is -4.42. The summed E-state index contributed by atoms with van der Waals surface area (Å²) in [6, 6.07) is 4.37. The van der Waals surface area contributed by atoms with Gasteiger partial charge in [0.15, 0.2) is 0 Å². The van der Waals surface area contributed by atoms with Crippen LogP contribution in [0, 0.1) is 0 Å². The molecule has 0 unspecified atom stereocenters. The maximum absolute atomic E-state index is 12.6. The van der Waals surface area contributed by atoms with Crippen molar-refractivity contribution in [1.29, 1.82) is 0 Å².